The van der Waals surface area contributed by atoms with Crippen molar-refractivity contribution in [3.05, 3.63) is 33.5 Å². The van der Waals surface area contributed by atoms with Crippen LogP contribution in [0.1, 0.15) is 4.88 Å². The molecule has 1 amide bonds. The van der Waals surface area contributed by atoms with E-state index in [-0.39, 0.29) is 24.7 Å². The molecule has 6 nitrogen and oxygen atoms in total. The van der Waals surface area contributed by atoms with Crippen molar-refractivity contribution in [3.63, 3.8) is 0 Å². The molecule has 158 valence electrons. The van der Waals surface area contributed by atoms with Gasteiger partial charge in [-0.05, 0) is 38.4 Å². The van der Waals surface area contributed by atoms with Gasteiger partial charge in [0, 0.05) is 18.0 Å². The number of aromatic nitrogens is 1. The molecule has 3 rings (SSSR count). The van der Waals surface area contributed by atoms with Gasteiger partial charge in [-0.1, -0.05) is 22.9 Å². The van der Waals surface area contributed by atoms with Crippen molar-refractivity contribution in [3.8, 4) is 11.5 Å². The first-order valence-corrected chi connectivity index (χ1v) is 10.6. The van der Waals surface area contributed by atoms with Gasteiger partial charge in [0.05, 0.1) is 25.0 Å². The molecule has 0 saturated carbocycles. The smallest absolute Gasteiger partial charge is 0.234 e. The molecular weight excluding hydrogens is 453 g/mol. The lowest BCUT2D eigenvalue weighted by molar-refractivity contribution is -0.118. The minimum absolute atomic E-state index is 0. The van der Waals surface area contributed by atoms with Crippen LogP contribution < -0.4 is 14.4 Å². The molecule has 1 aromatic carbocycles. The van der Waals surface area contributed by atoms with Crippen LogP contribution in [-0.4, -0.2) is 57.2 Å². The lowest BCUT2D eigenvalue weighted by atomic mass is 10.3. The quantitative estimate of drug-likeness (QED) is 0.476. The van der Waals surface area contributed by atoms with E-state index in [1.165, 1.54) is 22.7 Å². The maximum atomic E-state index is 13.1. The number of nitrogens with zero attached hydrogens (tertiary/aromatic N) is 3. The number of anilines is 1. The normalized spacial score (nSPS) is 10.8. The zero-order chi connectivity index (χ0) is 20.3. The molecule has 29 heavy (non-hydrogen) atoms. The zero-order valence-electron chi connectivity index (χ0n) is 16.6. The van der Waals surface area contributed by atoms with Crippen LogP contribution in [-0.2, 0) is 11.2 Å². The van der Waals surface area contributed by atoms with Crippen LogP contribution in [0.15, 0.2) is 24.3 Å². The third-order valence-electron chi connectivity index (χ3n) is 4.16. The van der Waals surface area contributed by atoms with Gasteiger partial charge in [0.25, 0.3) is 0 Å². The van der Waals surface area contributed by atoms with Gasteiger partial charge in [-0.25, -0.2) is 4.98 Å². The summed E-state index contributed by atoms with van der Waals surface area (Å²) in [5, 5.41) is 0.632. The first kappa shape index (κ1) is 23.7. The molecule has 0 unspecified atom stereocenters. The first-order valence-electron chi connectivity index (χ1n) is 8.63. The van der Waals surface area contributed by atoms with Gasteiger partial charge in [0.2, 0.25) is 5.91 Å². The summed E-state index contributed by atoms with van der Waals surface area (Å²) in [7, 11) is 7.18. The van der Waals surface area contributed by atoms with Crippen molar-refractivity contribution < 1.29 is 14.3 Å². The maximum absolute atomic E-state index is 13.1. The summed E-state index contributed by atoms with van der Waals surface area (Å²) in [5.74, 6) is 1.35. The number of methoxy groups -OCH3 is 2. The van der Waals surface area contributed by atoms with Crippen LogP contribution in [0.2, 0.25) is 4.34 Å². The minimum atomic E-state index is -0.0163. The molecular formula is C19H23Cl2N3O3S2. The Morgan fingerprint density at radius 2 is 1.76 bits per heavy atom. The largest absolute Gasteiger partial charge is 0.495 e. The SMILES string of the molecule is COc1ccc(OC)c2sc(N(CCN(C)C)C(=O)Cc3ccc(Cl)s3)nc12.Cl. The summed E-state index contributed by atoms with van der Waals surface area (Å²) in [5.41, 5.74) is 0.698. The van der Waals surface area contributed by atoms with Crippen molar-refractivity contribution in [1.82, 2.24) is 9.88 Å². The van der Waals surface area contributed by atoms with Crippen molar-refractivity contribution in [2.24, 2.45) is 0 Å². The molecule has 10 heteroatoms. The lowest BCUT2D eigenvalue weighted by Gasteiger charge is -2.21. The number of likely N-dealkylation sites (N-methyl/N-ethyl adjacent to an activating group) is 1. The number of thiophene rings is 1. The number of halogens is 2. The monoisotopic (exact) mass is 475 g/mol. The number of benzene rings is 1. The van der Waals surface area contributed by atoms with Crippen molar-refractivity contribution >= 4 is 67.9 Å². The van der Waals surface area contributed by atoms with E-state index < -0.39 is 0 Å². The van der Waals surface area contributed by atoms with Crippen LogP contribution in [0, 0.1) is 0 Å². The highest BCUT2D eigenvalue weighted by molar-refractivity contribution is 7.22. The van der Waals surface area contributed by atoms with Crippen LogP contribution in [0.3, 0.4) is 0 Å². The summed E-state index contributed by atoms with van der Waals surface area (Å²) in [6.45, 7) is 1.26. The molecule has 2 aromatic heterocycles. The molecule has 0 atom stereocenters. The van der Waals surface area contributed by atoms with Crippen molar-refractivity contribution in [1.29, 1.82) is 0 Å². The van der Waals surface area contributed by atoms with E-state index in [0.29, 0.717) is 33.0 Å². The van der Waals surface area contributed by atoms with Gasteiger partial charge in [0.1, 0.15) is 21.7 Å². The Balaban J connectivity index is 0.00000300. The van der Waals surface area contributed by atoms with Crippen LogP contribution in [0.5, 0.6) is 11.5 Å². The molecule has 0 bridgehead atoms. The Bertz CT molecular complexity index is 934. The molecule has 0 saturated heterocycles. The lowest BCUT2D eigenvalue weighted by Crippen LogP contribution is -2.37. The zero-order valence-corrected chi connectivity index (χ0v) is 19.8. The highest BCUT2D eigenvalue weighted by atomic mass is 35.5. The number of fused-ring (bicyclic) bond motifs is 1. The Kier molecular flexibility index (Phi) is 8.54. The number of carbonyl (C=O) groups excluding carboxylic acids is 1. The number of ether oxygens (including phenoxy) is 2. The second-order valence-electron chi connectivity index (χ2n) is 6.38. The number of amides is 1. The Morgan fingerprint density at radius 1 is 1.07 bits per heavy atom. The topological polar surface area (TPSA) is 54.9 Å². The van der Waals surface area contributed by atoms with Crippen molar-refractivity contribution in [2.75, 3.05) is 46.3 Å². The number of hydrogen-bond acceptors (Lipinski definition) is 7. The Hall–Kier alpha value is -1.58. The van der Waals surface area contributed by atoms with Gasteiger partial charge in [-0.15, -0.1) is 23.7 Å². The van der Waals surface area contributed by atoms with Gasteiger partial charge < -0.3 is 14.4 Å². The third-order valence-corrected chi connectivity index (χ3v) is 6.48. The van der Waals surface area contributed by atoms with E-state index in [1.807, 2.05) is 43.3 Å². The molecule has 2 heterocycles. The van der Waals surface area contributed by atoms with E-state index in [4.69, 9.17) is 26.1 Å². The molecule has 0 fully saturated rings. The summed E-state index contributed by atoms with van der Waals surface area (Å²) in [4.78, 5) is 22.5. The van der Waals surface area contributed by atoms with Gasteiger partial charge in [-0.3, -0.25) is 9.69 Å². The summed E-state index contributed by atoms with van der Waals surface area (Å²) in [6, 6.07) is 7.37. The van der Waals surface area contributed by atoms with E-state index >= 15 is 0 Å². The van der Waals surface area contributed by atoms with Crippen molar-refractivity contribution in [2.45, 2.75) is 6.42 Å². The molecule has 0 aliphatic rings. The standard InChI is InChI=1S/C19H22ClN3O3S2.ClH/c1-22(2)9-10-23(16(24)11-12-5-8-15(20)27-12)19-21-17-13(25-3)6-7-14(26-4)18(17)28-19;/h5-8H,9-11H2,1-4H3;1H. The van der Waals surface area contributed by atoms with E-state index in [9.17, 15) is 4.79 Å². The van der Waals surface area contributed by atoms with Gasteiger partial charge >= 0.3 is 0 Å². The molecule has 0 spiro atoms. The summed E-state index contributed by atoms with van der Waals surface area (Å²) in [6.07, 6.45) is 0.287. The number of rotatable bonds is 8. The second kappa shape index (κ2) is 10.4. The average Bonchev–Trinajstić information content (AvgIpc) is 3.27. The van der Waals surface area contributed by atoms with E-state index in [2.05, 4.69) is 0 Å². The van der Waals surface area contributed by atoms with Gasteiger partial charge in [-0.2, -0.15) is 0 Å². The van der Waals surface area contributed by atoms with Crippen LogP contribution >= 0.6 is 46.7 Å². The molecule has 0 aliphatic heterocycles. The summed E-state index contributed by atoms with van der Waals surface area (Å²) >= 11 is 8.86. The summed E-state index contributed by atoms with van der Waals surface area (Å²) < 4.78 is 12.4. The maximum Gasteiger partial charge on any atom is 0.234 e. The molecule has 0 radical (unpaired) electrons. The fourth-order valence-corrected chi connectivity index (χ4v) is 4.90. The molecule has 0 N–H and O–H groups in total. The second-order valence-corrected chi connectivity index (χ2v) is 9.15. The Morgan fingerprint density at radius 3 is 2.34 bits per heavy atom. The number of carbonyl (C=O) groups is 1. The average molecular weight is 476 g/mol. The molecule has 0 aliphatic carbocycles. The van der Waals surface area contributed by atoms with E-state index in [0.717, 1.165) is 16.1 Å². The fraction of sp³-hybridized carbons (Fsp3) is 0.368. The molecule has 3 aromatic rings. The third kappa shape index (κ3) is 5.52. The number of thiazole rings is 1. The Labute approximate surface area is 189 Å². The predicted octanol–water partition coefficient (Wildman–Crippen LogP) is 4.59. The highest BCUT2D eigenvalue weighted by Gasteiger charge is 2.23. The minimum Gasteiger partial charge on any atom is -0.495 e. The predicted molar refractivity (Wildman–Crippen MR) is 124 cm³/mol. The number of hydrogen-bond donors (Lipinski definition) is 0. The van der Waals surface area contributed by atoms with Crippen LogP contribution in [0.25, 0.3) is 10.2 Å². The van der Waals surface area contributed by atoms with E-state index in [1.54, 1.807) is 19.1 Å². The fourth-order valence-electron chi connectivity index (χ4n) is 2.71. The first-order chi connectivity index (χ1) is 13.4. The van der Waals surface area contributed by atoms with Gasteiger partial charge in [0.15, 0.2) is 5.13 Å². The van der Waals surface area contributed by atoms with Crippen LogP contribution in [0.4, 0.5) is 5.13 Å². The highest BCUT2D eigenvalue weighted by Crippen LogP contribution is 2.40.